The molecular weight excluding hydrogens is 308 g/mol. The molecule has 2 unspecified atom stereocenters. The van der Waals surface area contributed by atoms with Crippen LogP contribution in [0.15, 0.2) is 0 Å². The third kappa shape index (κ3) is 14.7. The van der Waals surface area contributed by atoms with E-state index in [0.717, 1.165) is 13.0 Å². The summed E-state index contributed by atoms with van der Waals surface area (Å²) in [6.45, 7) is 5.29. The average Bonchev–Trinajstić information content (AvgIpc) is 3.38. The molecule has 0 amide bonds. The predicted octanol–water partition coefficient (Wildman–Crippen LogP) is 7.79. The van der Waals surface area contributed by atoms with Crippen LogP contribution in [0.5, 0.6) is 0 Å². The Balaban J connectivity index is 1.65. The van der Waals surface area contributed by atoms with Gasteiger partial charge in [0.2, 0.25) is 0 Å². The summed E-state index contributed by atoms with van der Waals surface area (Å²) in [5.74, 6) is 0. The van der Waals surface area contributed by atoms with Crippen molar-refractivity contribution in [3.8, 4) is 0 Å². The van der Waals surface area contributed by atoms with E-state index < -0.39 is 0 Å². The van der Waals surface area contributed by atoms with Crippen LogP contribution in [0.4, 0.5) is 0 Å². The quantitative estimate of drug-likeness (QED) is 0.164. The molecule has 150 valence electrons. The number of ether oxygens (including phenoxy) is 2. The predicted molar refractivity (Wildman–Crippen MR) is 109 cm³/mol. The fourth-order valence-corrected chi connectivity index (χ4v) is 3.61. The van der Waals surface area contributed by atoms with Crippen LogP contribution in [0.2, 0.25) is 0 Å². The lowest BCUT2D eigenvalue weighted by Gasteiger charge is -2.03. The summed E-state index contributed by atoms with van der Waals surface area (Å²) in [5, 5.41) is 0. The lowest BCUT2D eigenvalue weighted by Crippen LogP contribution is -2.01. The minimum Gasteiger partial charge on any atom is -0.350 e. The molecule has 1 rings (SSSR count). The Bertz CT molecular complexity index is 267. The molecule has 1 aliphatic rings. The van der Waals surface area contributed by atoms with E-state index >= 15 is 0 Å². The summed E-state index contributed by atoms with van der Waals surface area (Å²) in [6.07, 6.45) is 25.8. The maximum absolute atomic E-state index is 5.57. The van der Waals surface area contributed by atoms with E-state index in [1.54, 1.807) is 0 Å². The lowest BCUT2D eigenvalue weighted by atomic mass is 10.0. The molecule has 0 saturated carbocycles. The fourth-order valence-electron chi connectivity index (χ4n) is 3.61. The molecule has 0 aromatic carbocycles. The first-order valence-corrected chi connectivity index (χ1v) is 11.7. The normalized spacial score (nSPS) is 19.4. The van der Waals surface area contributed by atoms with Crippen molar-refractivity contribution < 1.29 is 9.47 Å². The Labute approximate surface area is 158 Å². The average molecular weight is 355 g/mol. The highest BCUT2D eigenvalue weighted by atomic mass is 16.8. The van der Waals surface area contributed by atoms with Gasteiger partial charge < -0.3 is 9.47 Å². The van der Waals surface area contributed by atoms with Crippen molar-refractivity contribution in [2.45, 2.75) is 142 Å². The van der Waals surface area contributed by atoms with Gasteiger partial charge in [-0.1, -0.05) is 117 Å². The SMILES string of the molecule is CCCCCCCCCCCCCCCCCCC1OC1OCCC. The second-order valence-electron chi connectivity index (χ2n) is 8.01. The molecule has 2 heteroatoms. The molecule has 1 saturated heterocycles. The molecule has 1 aliphatic heterocycles. The fraction of sp³-hybridized carbons (Fsp3) is 1.00. The molecule has 2 atom stereocenters. The first-order valence-electron chi connectivity index (χ1n) is 11.7. The second-order valence-corrected chi connectivity index (χ2v) is 8.01. The van der Waals surface area contributed by atoms with Gasteiger partial charge in [-0.3, -0.25) is 0 Å². The highest BCUT2D eigenvalue weighted by Crippen LogP contribution is 2.28. The molecule has 2 nitrogen and oxygen atoms in total. The van der Waals surface area contributed by atoms with Crippen molar-refractivity contribution in [2.75, 3.05) is 6.61 Å². The summed E-state index contributed by atoms with van der Waals surface area (Å²) in [4.78, 5) is 0. The van der Waals surface area contributed by atoms with E-state index in [-0.39, 0.29) is 6.29 Å². The van der Waals surface area contributed by atoms with Gasteiger partial charge in [-0.15, -0.1) is 0 Å². The zero-order valence-electron chi connectivity index (χ0n) is 17.4. The summed E-state index contributed by atoms with van der Waals surface area (Å²) in [6, 6.07) is 0. The van der Waals surface area contributed by atoms with Gasteiger partial charge >= 0.3 is 0 Å². The van der Waals surface area contributed by atoms with Gasteiger partial charge in [-0.25, -0.2) is 0 Å². The minimum atomic E-state index is 0.135. The van der Waals surface area contributed by atoms with E-state index in [1.807, 2.05) is 0 Å². The van der Waals surface area contributed by atoms with Crippen LogP contribution in [0.3, 0.4) is 0 Å². The van der Waals surface area contributed by atoms with Crippen molar-refractivity contribution in [1.82, 2.24) is 0 Å². The molecule has 0 spiro atoms. The van der Waals surface area contributed by atoms with Crippen molar-refractivity contribution >= 4 is 0 Å². The van der Waals surface area contributed by atoms with E-state index in [2.05, 4.69) is 13.8 Å². The molecule has 1 heterocycles. The first-order chi connectivity index (χ1) is 12.4. The molecule has 0 aliphatic carbocycles. The number of hydrogen-bond acceptors (Lipinski definition) is 2. The van der Waals surface area contributed by atoms with Crippen LogP contribution in [0, 0.1) is 0 Å². The maximum atomic E-state index is 5.57. The van der Waals surface area contributed by atoms with Crippen molar-refractivity contribution in [3.63, 3.8) is 0 Å². The van der Waals surface area contributed by atoms with Crippen LogP contribution in [0.25, 0.3) is 0 Å². The van der Waals surface area contributed by atoms with Crippen molar-refractivity contribution in [3.05, 3.63) is 0 Å². The standard InChI is InChI=1S/C23H46O2/c1-3-5-6-7-8-9-10-11-12-13-14-15-16-17-18-19-20-22-23(25-22)24-21-4-2/h22-23H,3-21H2,1-2H3. The molecule has 0 N–H and O–H groups in total. The first kappa shape index (κ1) is 23.0. The van der Waals surface area contributed by atoms with Crippen LogP contribution >= 0.6 is 0 Å². The monoisotopic (exact) mass is 354 g/mol. The smallest absolute Gasteiger partial charge is 0.184 e. The Hall–Kier alpha value is -0.0800. The molecule has 1 fully saturated rings. The molecule has 0 aromatic rings. The largest absolute Gasteiger partial charge is 0.350 e. The Morgan fingerprint density at radius 1 is 0.560 bits per heavy atom. The van der Waals surface area contributed by atoms with E-state index in [0.29, 0.717) is 6.10 Å². The molecule has 0 bridgehead atoms. The van der Waals surface area contributed by atoms with Crippen molar-refractivity contribution in [1.29, 1.82) is 0 Å². The molecule has 25 heavy (non-hydrogen) atoms. The van der Waals surface area contributed by atoms with E-state index in [9.17, 15) is 0 Å². The van der Waals surface area contributed by atoms with Gasteiger partial charge in [0.1, 0.15) is 6.10 Å². The van der Waals surface area contributed by atoms with Gasteiger partial charge in [0, 0.05) is 6.61 Å². The zero-order chi connectivity index (χ0) is 18.0. The molecule has 0 aromatic heterocycles. The lowest BCUT2D eigenvalue weighted by molar-refractivity contribution is 0.0507. The summed E-state index contributed by atoms with van der Waals surface area (Å²) >= 11 is 0. The van der Waals surface area contributed by atoms with Gasteiger partial charge in [-0.2, -0.15) is 0 Å². The van der Waals surface area contributed by atoms with Gasteiger partial charge in [-0.05, 0) is 12.8 Å². The Morgan fingerprint density at radius 2 is 1.00 bits per heavy atom. The van der Waals surface area contributed by atoms with Crippen molar-refractivity contribution in [2.24, 2.45) is 0 Å². The van der Waals surface area contributed by atoms with Crippen LogP contribution in [-0.2, 0) is 9.47 Å². The highest BCUT2D eigenvalue weighted by molar-refractivity contribution is 4.76. The minimum absolute atomic E-state index is 0.135. The number of unbranched alkanes of at least 4 members (excludes halogenated alkanes) is 15. The Kier molecular flexibility index (Phi) is 15.9. The van der Waals surface area contributed by atoms with Gasteiger partial charge in [0.05, 0.1) is 0 Å². The number of epoxide rings is 1. The zero-order valence-corrected chi connectivity index (χ0v) is 17.4. The van der Waals surface area contributed by atoms with Crippen LogP contribution < -0.4 is 0 Å². The maximum Gasteiger partial charge on any atom is 0.184 e. The molecule has 0 radical (unpaired) electrons. The third-order valence-electron chi connectivity index (χ3n) is 5.36. The summed E-state index contributed by atoms with van der Waals surface area (Å²) in [5.41, 5.74) is 0. The topological polar surface area (TPSA) is 21.8 Å². The van der Waals surface area contributed by atoms with Crippen LogP contribution in [0.1, 0.15) is 129 Å². The van der Waals surface area contributed by atoms with E-state index in [4.69, 9.17) is 9.47 Å². The van der Waals surface area contributed by atoms with Gasteiger partial charge in [0.25, 0.3) is 0 Å². The van der Waals surface area contributed by atoms with Crippen LogP contribution in [-0.4, -0.2) is 19.0 Å². The third-order valence-corrected chi connectivity index (χ3v) is 5.36. The van der Waals surface area contributed by atoms with Gasteiger partial charge in [0.15, 0.2) is 6.29 Å². The Morgan fingerprint density at radius 3 is 1.44 bits per heavy atom. The van der Waals surface area contributed by atoms with E-state index in [1.165, 1.54) is 109 Å². The second kappa shape index (κ2) is 17.3. The number of rotatable bonds is 20. The summed E-state index contributed by atoms with van der Waals surface area (Å²) in [7, 11) is 0. The highest BCUT2D eigenvalue weighted by Gasteiger charge is 2.38. The summed E-state index contributed by atoms with van der Waals surface area (Å²) < 4.78 is 11.1. The molecular formula is C23H46O2. The number of hydrogen-bond donors (Lipinski definition) is 0.